The first kappa shape index (κ1) is 21.7. The summed E-state index contributed by atoms with van der Waals surface area (Å²) < 4.78 is 25.0. The Morgan fingerprint density at radius 1 is 1.19 bits per heavy atom. The normalized spacial score (nSPS) is 16.7. The van der Waals surface area contributed by atoms with E-state index in [1.165, 1.54) is 9.87 Å². The van der Waals surface area contributed by atoms with Gasteiger partial charge in [-0.2, -0.15) is 0 Å². The monoisotopic (exact) mass is 395 g/mol. The molecular weight excluding hydrogens is 362 g/mol. The van der Waals surface area contributed by atoms with Gasteiger partial charge >= 0.3 is 0 Å². The lowest BCUT2D eigenvalue weighted by Crippen LogP contribution is -2.52. The highest BCUT2D eigenvalue weighted by Gasteiger charge is 2.19. The van der Waals surface area contributed by atoms with E-state index in [9.17, 15) is 8.42 Å². The molecule has 0 amide bonds. The van der Waals surface area contributed by atoms with Crippen molar-refractivity contribution in [3.63, 3.8) is 0 Å². The van der Waals surface area contributed by atoms with Crippen LogP contribution in [0.3, 0.4) is 0 Å². The number of piperazine rings is 1. The summed E-state index contributed by atoms with van der Waals surface area (Å²) in [5.41, 5.74) is 1.35. The highest BCUT2D eigenvalue weighted by atomic mass is 32.2. The molecular formula is C19H33N5O2S. The molecule has 27 heavy (non-hydrogen) atoms. The fourth-order valence-corrected chi connectivity index (χ4v) is 4.00. The van der Waals surface area contributed by atoms with Gasteiger partial charge in [0.1, 0.15) is 0 Å². The minimum atomic E-state index is -3.10. The fourth-order valence-electron chi connectivity index (χ4n) is 3.15. The van der Waals surface area contributed by atoms with Crippen molar-refractivity contribution in [2.24, 2.45) is 4.99 Å². The minimum absolute atomic E-state index is 0.145. The highest BCUT2D eigenvalue weighted by Crippen LogP contribution is 2.08. The molecule has 0 bridgehead atoms. The number of hydrogen-bond donors (Lipinski definition) is 1. The third-order valence-electron chi connectivity index (χ3n) is 4.91. The summed E-state index contributed by atoms with van der Waals surface area (Å²) in [5, 5.41) is 3.36. The summed E-state index contributed by atoms with van der Waals surface area (Å²) in [7, 11) is 0.339. The molecule has 0 radical (unpaired) electrons. The predicted molar refractivity (Wildman–Crippen MR) is 111 cm³/mol. The standard InChI is InChI=1S/C19H33N5O2S/c1-4-27(25,26)22(3)12-8-11-21-19(20-2)24-15-13-23(14-16-24)17-18-9-6-5-7-10-18/h5-7,9-10H,4,8,11-17H2,1-3H3,(H,20,21). The molecule has 1 aliphatic rings. The lowest BCUT2D eigenvalue weighted by molar-refractivity contribution is 0.172. The average Bonchev–Trinajstić information content (AvgIpc) is 2.69. The van der Waals surface area contributed by atoms with Crippen LogP contribution in [0.1, 0.15) is 18.9 Å². The van der Waals surface area contributed by atoms with Gasteiger partial charge in [0, 0.05) is 59.9 Å². The van der Waals surface area contributed by atoms with E-state index >= 15 is 0 Å². The molecule has 2 rings (SSSR count). The summed E-state index contributed by atoms with van der Waals surface area (Å²) in [6.45, 7) is 7.78. The van der Waals surface area contributed by atoms with E-state index in [1.54, 1.807) is 21.0 Å². The van der Waals surface area contributed by atoms with Crippen molar-refractivity contribution in [3.8, 4) is 0 Å². The minimum Gasteiger partial charge on any atom is -0.356 e. The number of benzene rings is 1. The van der Waals surface area contributed by atoms with E-state index in [0.717, 1.165) is 45.1 Å². The molecule has 0 unspecified atom stereocenters. The zero-order valence-electron chi connectivity index (χ0n) is 16.8. The second-order valence-corrected chi connectivity index (χ2v) is 9.16. The number of nitrogens with one attached hydrogen (secondary N) is 1. The van der Waals surface area contributed by atoms with E-state index in [0.29, 0.717) is 13.1 Å². The number of guanidine groups is 1. The van der Waals surface area contributed by atoms with Crippen LogP contribution in [-0.2, 0) is 16.6 Å². The lowest BCUT2D eigenvalue weighted by Gasteiger charge is -2.36. The van der Waals surface area contributed by atoms with E-state index < -0.39 is 10.0 Å². The Hall–Kier alpha value is -1.64. The van der Waals surface area contributed by atoms with Gasteiger partial charge < -0.3 is 10.2 Å². The molecule has 0 saturated carbocycles. The topological polar surface area (TPSA) is 68.2 Å². The summed E-state index contributed by atoms with van der Waals surface area (Å²) in [6.07, 6.45) is 0.753. The Morgan fingerprint density at radius 2 is 1.85 bits per heavy atom. The van der Waals surface area contributed by atoms with Gasteiger partial charge in [-0.25, -0.2) is 12.7 Å². The Balaban J connectivity index is 1.71. The molecule has 1 aromatic carbocycles. The molecule has 1 aromatic rings. The van der Waals surface area contributed by atoms with Crippen LogP contribution in [0.15, 0.2) is 35.3 Å². The molecule has 1 aliphatic heterocycles. The van der Waals surface area contributed by atoms with Crippen molar-refractivity contribution in [1.29, 1.82) is 0 Å². The number of hydrogen-bond acceptors (Lipinski definition) is 4. The van der Waals surface area contributed by atoms with Crippen molar-refractivity contribution in [3.05, 3.63) is 35.9 Å². The molecule has 1 fully saturated rings. The summed E-state index contributed by atoms with van der Waals surface area (Å²) in [4.78, 5) is 9.12. The molecule has 1 heterocycles. The van der Waals surface area contributed by atoms with Crippen LogP contribution in [0.5, 0.6) is 0 Å². The van der Waals surface area contributed by atoms with Crippen molar-refractivity contribution in [2.75, 3.05) is 59.1 Å². The molecule has 8 heteroatoms. The molecule has 1 N–H and O–H groups in total. The highest BCUT2D eigenvalue weighted by molar-refractivity contribution is 7.89. The third-order valence-corrected chi connectivity index (χ3v) is 6.77. The molecule has 0 aromatic heterocycles. The maximum Gasteiger partial charge on any atom is 0.213 e. The number of aliphatic imine (C=N–C) groups is 1. The molecule has 1 saturated heterocycles. The Bertz CT molecular complexity index is 685. The number of nitrogens with zero attached hydrogens (tertiary/aromatic N) is 4. The fraction of sp³-hybridized carbons (Fsp3) is 0.632. The SMILES string of the molecule is CCS(=O)(=O)N(C)CCCNC(=NC)N1CCN(Cc2ccccc2)CC1. The van der Waals surface area contributed by atoms with Crippen LogP contribution in [0.2, 0.25) is 0 Å². The van der Waals surface area contributed by atoms with Gasteiger partial charge in [-0.05, 0) is 18.9 Å². The van der Waals surface area contributed by atoms with Gasteiger partial charge in [0.15, 0.2) is 5.96 Å². The molecule has 0 atom stereocenters. The number of sulfonamides is 1. The van der Waals surface area contributed by atoms with Gasteiger partial charge in [-0.15, -0.1) is 0 Å². The second kappa shape index (κ2) is 10.6. The molecule has 7 nitrogen and oxygen atoms in total. The predicted octanol–water partition coefficient (Wildman–Crippen LogP) is 1.05. The first-order chi connectivity index (χ1) is 13.0. The van der Waals surface area contributed by atoms with E-state index in [4.69, 9.17) is 0 Å². The molecule has 152 valence electrons. The van der Waals surface area contributed by atoms with Crippen LogP contribution in [0.25, 0.3) is 0 Å². The van der Waals surface area contributed by atoms with Gasteiger partial charge in [-0.3, -0.25) is 9.89 Å². The van der Waals surface area contributed by atoms with Crippen molar-refractivity contribution in [1.82, 2.24) is 19.4 Å². The van der Waals surface area contributed by atoms with E-state index in [2.05, 4.69) is 44.4 Å². The van der Waals surface area contributed by atoms with Crippen molar-refractivity contribution < 1.29 is 8.42 Å². The maximum absolute atomic E-state index is 11.8. The lowest BCUT2D eigenvalue weighted by atomic mass is 10.2. The smallest absolute Gasteiger partial charge is 0.213 e. The average molecular weight is 396 g/mol. The van der Waals surface area contributed by atoms with E-state index in [1.807, 2.05) is 6.07 Å². The summed E-state index contributed by atoms with van der Waals surface area (Å²) in [5.74, 6) is 1.04. The quantitative estimate of drug-likeness (QED) is 0.405. The van der Waals surface area contributed by atoms with Crippen molar-refractivity contribution in [2.45, 2.75) is 19.9 Å². The zero-order valence-corrected chi connectivity index (χ0v) is 17.6. The van der Waals surface area contributed by atoms with Gasteiger partial charge in [-0.1, -0.05) is 30.3 Å². The molecule has 0 spiro atoms. The maximum atomic E-state index is 11.8. The van der Waals surface area contributed by atoms with Crippen LogP contribution in [0.4, 0.5) is 0 Å². The Kier molecular flexibility index (Phi) is 8.53. The first-order valence-electron chi connectivity index (χ1n) is 9.62. The van der Waals surface area contributed by atoms with Crippen LogP contribution in [0, 0.1) is 0 Å². The van der Waals surface area contributed by atoms with Crippen molar-refractivity contribution >= 4 is 16.0 Å². The largest absolute Gasteiger partial charge is 0.356 e. The zero-order chi connectivity index (χ0) is 19.7. The Labute approximate surface area is 164 Å². The van der Waals surface area contributed by atoms with Crippen LogP contribution >= 0.6 is 0 Å². The van der Waals surface area contributed by atoms with Gasteiger partial charge in [0.05, 0.1) is 5.75 Å². The summed E-state index contributed by atoms with van der Waals surface area (Å²) >= 11 is 0. The first-order valence-corrected chi connectivity index (χ1v) is 11.2. The second-order valence-electron chi connectivity index (χ2n) is 6.80. The third kappa shape index (κ3) is 6.79. The van der Waals surface area contributed by atoms with Gasteiger partial charge in [0.25, 0.3) is 0 Å². The summed E-state index contributed by atoms with van der Waals surface area (Å²) in [6, 6.07) is 10.6. The Morgan fingerprint density at radius 3 is 2.44 bits per heavy atom. The van der Waals surface area contributed by atoms with Gasteiger partial charge in [0.2, 0.25) is 10.0 Å². The number of rotatable bonds is 8. The molecule has 0 aliphatic carbocycles. The van der Waals surface area contributed by atoms with E-state index in [-0.39, 0.29) is 5.75 Å². The van der Waals surface area contributed by atoms with Crippen LogP contribution < -0.4 is 5.32 Å². The van der Waals surface area contributed by atoms with Crippen LogP contribution in [-0.4, -0.2) is 87.6 Å².